The number of aliphatic carboxylic acids is 1. The number of hydrogen-bond donors (Lipinski definition) is 2. The SMILES string of the molecule is CNC(C)(CCCn1cnc(C)c1C)C(=O)O. The van der Waals surface area contributed by atoms with Gasteiger partial charge in [-0.3, -0.25) is 4.79 Å². The first kappa shape index (κ1) is 13.7. The topological polar surface area (TPSA) is 67.2 Å². The Bertz CT molecular complexity index is 400. The largest absolute Gasteiger partial charge is 0.480 e. The molecule has 0 amide bonds. The van der Waals surface area contributed by atoms with E-state index in [0.29, 0.717) is 6.42 Å². The minimum atomic E-state index is -0.844. The molecule has 5 heteroatoms. The zero-order valence-electron chi connectivity index (χ0n) is 10.9. The van der Waals surface area contributed by atoms with Crippen LogP contribution in [-0.4, -0.2) is 33.2 Å². The van der Waals surface area contributed by atoms with E-state index in [1.54, 1.807) is 14.0 Å². The Morgan fingerprint density at radius 3 is 2.65 bits per heavy atom. The molecule has 0 aliphatic heterocycles. The molecule has 0 saturated carbocycles. The first-order valence-electron chi connectivity index (χ1n) is 5.81. The molecule has 5 nitrogen and oxygen atoms in total. The van der Waals surface area contributed by atoms with Crippen molar-refractivity contribution in [1.82, 2.24) is 14.9 Å². The number of aromatic nitrogens is 2. The molecule has 96 valence electrons. The molecule has 1 aromatic rings. The molecule has 0 aliphatic carbocycles. The molecule has 1 atom stereocenters. The molecule has 0 aliphatic rings. The molecule has 0 radical (unpaired) electrons. The Morgan fingerprint density at radius 2 is 2.24 bits per heavy atom. The average Bonchev–Trinajstić information content (AvgIpc) is 2.60. The van der Waals surface area contributed by atoms with Crippen molar-refractivity contribution in [2.24, 2.45) is 0 Å². The average molecular weight is 239 g/mol. The third-order valence-corrected chi connectivity index (χ3v) is 3.44. The lowest BCUT2D eigenvalue weighted by Crippen LogP contribution is -2.47. The molecule has 0 bridgehead atoms. The monoisotopic (exact) mass is 239 g/mol. The molecule has 1 rings (SSSR count). The van der Waals surface area contributed by atoms with Gasteiger partial charge in [0.05, 0.1) is 12.0 Å². The van der Waals surface area contributed by atoms with Crippen LogP contribution >= 0.6 is 0 Å². The van der Waals surface area contributed by atoms with Crippen molar-refractivity contribution in [2.75, 3.05) is 7.05 Å². The third kappa shape index (κ3) is 3.06. The van der Waals surface area contributed by atoms with E-state index < -0.39 is 11.5 Å². The molecular formula is C12H21N3O2. The van der Waals surface area contributed by atoms with E-state index in [4.69, 9.17) is 5.11 Å². The van der Waals surface area contributed by atoms with Gasteiger partial charge < -0.3 is 15.0 Å². The molecule has 0 spiro atoms. The van der Waals surface area contributed by atoms with Gasteiger partial charge in [-0.25, -0.2) is 4.98 Å². The summed E-state index contributed by atoms with van der Waals surface area (Å²) in [5.41, 5.74) is 1.33. The Balaban J connectivity index is 2.53. The number of carbonyl (C=O) groups is 1. The second-order valence-electron chi connectivity index (χ2n) is 4.60. The van der Waals surface area contributed by atoms with Crippen LogP contribution in [0.3, 0.4) is 0 Å². The van der Waals surface area contributed by atoms with E-state index >= 15 is 0 Å². The fourth-order valence-electron chi connectivity index (χ4n) is 1.71. The van der Waals surface area contributed by atoms with Crippen molar-refractivity contribution in [3.05, 3.63) is 17.7 Å². The molecule has 1 heterocycles. The molecule has 0 fully saturated rings. The van der Waals surface area contributed by atoms with Gasteiger partial charge in [0.2, 0.25) is 0 Å². The first-order valence-corrected chi connectivity index (χ1v) is 5.81. The van der Waals surface area contributed by atoms with Gasteiger partial charge in [0, 0.05) is 12.2 Å². The molecule has 1 aromatic heterocycles. The number of aryl methyl sites for hydroxylation is 2. The summed E-state index contributed by atoms with van der Waals surface area (Å²) in [5, 5.41) is 12.0. The maximum absolute atomic E-state index is 11.1. The number of rotatable bonds is 6. The number of carboxylic acid groups (broad SMARTS) is 1. The van der Waals surface area contributed by atoms with Crippen molar-refractivity contribution in [3.63, 3.8) is 0 Å². The van der Waals surface area contributed by atoms with Gasteiger partial charge in [-0.1, -0.05) is 0 Å². The Labute approximate surface area is 102 Å². The number of nitrogens with zero attached hydrogens (tertiary/aromatic N) is 2. The van der Waals surface area contributed by atoms with Gasteiger partial charge in [-0.05, 0) is 40.7 Å². The van der Waals surface area contributed by atoms with Crippen LogP contribution in [0.15, 0.2) is 6.33 Å². The van der Waals surface area contributed by atoms with Gasteiger partial charge in [-0.15, -0.1) is 0 Å². The zero-order chi connectivity index (χ0) is 13.1. The summed E-state index contributed by atoms with van der Waals surface area (Å²) in [6, 6.07) is 0. The van der Waals surface area contributed by atoms with Crippen LogP contribution in [0.2, 0.25) is 0 Å². The second-order valence-corrected chi connectivity index (χ2v) is 4.60. The summed E-state index contributed by atoms with van der Waals surface area (Å²) in [4.78, 5) is 15.3. The molecular weight excluding hydrogens is 218 g/mol. The van der Waals surface area contributed by atoms with Crippen LogP contribution in [0, 0.1) is 13.8 Å². The van der Waals surface area contributed by atoms with E-state index in [0.717, 1.165) is 24.4 Å². The Kier molecular flexibility index (Phi) is 4.28. The van der Waals surface area contributed by atoms with Gasteiger partial charge >= 0.3 is 5.97 Å². The molecule has 0 saturated heterocycles. The zero-order valence-corrected chi connectivity index (χ0v) is 10.9. The smallest absolute Gasteiger partial charge is 0.323 e. The van der Waals surface area contributed by atoms with E-state index in [2.05, 4.69) is 14.9 Å². The Hall–Kier alpha value is -1.36. The number of nitrogens with one attached hydrogen (secondary N) is 1. The predicted octanol–water partition coefficient (Wildman–Crippen LogP) is 1.34. The summed E-state index contributed by atoms with van der Waals surface area (Å²) < 4.78 is 2.06. The van der Waals surface area contributed by atoms with Crippen LogP contribution in [0.25, 0.3) is 0 Å². The lowest BCUT2D eigenvalue weighted by atomic mass is 9.96. The fraction of sp³-hybridized carbons (Fsp3) is 0.667. The van der Waals surface area contributed by atoms with Crippen LogP contribution < -0.4 is 5.32 Å². The highest BCUT2D eigenvalue weighted by Crippen LogP contribution is 2.14. The number of hydrogen-bond acceptors (Lipinski definition) is 3. The Morgan fingerprint density at radius 1 is 1.59 bits per heavy atom. The van der Waals surface area contributed by atoms with Crippen molar-refractivity contribution >= 4 is 5.97 Å². The molecule has 17 heavy (non-hydrogen) atoms. The maximum Gasteiger partial charge on any atom is 0.323 e. The maximum atomic E-state index is 11.1. The van der Waals surface area contributed by atoms with Gasteiger partial charge in [0.1, 0.15) is 5.54 Å². The van der Waals surface area contributed by atoms with Crippen molar-refractivity contribution in [3.8, 4) is 0 Å². The summed E-state index contributed by atoms with van der Waals surface area (Å²) in [6.07, 6.45) is 3.21. The highest BCUT2D eigenvalue weighted by Gasteiger charge is 2.30. The van der Waals surface area contributed by atoms with E-state index in [9.17, 15) is 4.79 Å². The summed E-state index contributed by atoms with van der Waals surface area (Å²) in [5.74, 6) is -0.807. The lowest BCUT2D eigenvalue weighted by Gasteiger charge is -2.24. The van der Waals surface area contributed by atoms with Crippen LogP contribution in [0.1, 0.15) is 31.2 Å². The normalized spacial score (nSPS) is 14.6. The minimum absolute atomic E-state index is 0.593. The molecule has 0 aromatic carbocycles. The number of carboxylic acids is 1. The van der Waals surface area contributed by atoms with E-state index in [-0.39, 0.29) is 0 Å². The fourth-order valence-corrected chi connectivity index (χ4v) is 1.71. The second kappa shape index (κ2) is 5.31. The molecule has 1 unspecified atom stereocenters. The van der Waals surface area contributed by atoms with E-state index in [1.165, 1.54) is 0 Å². The first-order chi connectivity index (χ1) is 7.90. The quantitative estimate of drug-likeness (QED) is 0.786. The van der Waals surface area contributed by atoms with E-state index in [1.807, 2.05) is 20.2 Å². The highest BCUT2D eigenvalue weighted by molar-refractivity contribution is 5.78. The third-order valence-electron chi connectivity index (χ3n) is 3.44. The summed E-state index contributed by atoms with van der Waals surface area (Å²) in [6.45, 7) is 6.51. The van der Waals surface area contributed by atoms with Crippen LogP contribution in [0.5, 0.6) is 0 Å². The van der Waals surface area contributed by atoms with Crippen LogP contribution in [-0.2, 0) is 11.3 Å². The standard InChI is InChI=1S/C12H21N3O2/c1-9-10(2)15(8-14-9)7-5-6-12(3,13-4)11(16)17/h8,13H,5-7H2,1-4H3,(H,16,17). The number of likely N-dealkylation sites (N-methyl/N-ethyl adjacent to an activating group) is 1. The number of imidazole rings is 1. The van der Waals surface area contributed by atoms with Crippen molar-refractivity contribution in [2.45, 2.75) is 45.7 Å². The van der Waals surface area contributed by atoms with Gasteiger partial charge in [-0.2, -0.15) is 0 Å². The van der Waals surface area contributed by atoms with Crippen molar-refractivity contribution in [1.29, 1.82) is 0 Å². The minimum Gasteiger partial charge on any atom is -0.480 e. The molecule has 2 N–H and O–H groups in total. The summed E-state index contributed by atoms with van der Waals surface area (Å²) >= 11 is 0. The van der Waals surface area contributed by atoms with Gasteiger partial charge in [0.15, 0.2) is 0 Å². The predicted molar refractivity (Wildman–Crippen MR) is 66.0 cm³/mol. The highest BCUT2D eigenvalue weighted by atomic mass is 16.4. The van der Waals surface area contributed by atoms with Crippen molar-refractivity contribution < 1.29 is 9.90 Å². The lowest BCUT2D eigenvalue weighted by molar-refractivity contribution is -0.144. The van der Waals surface area contributed by atoms with Crippen LogP contribution in [0.4, 0.5) is 0 Å². The van der Waals surface area contributed by atoms with Gasteiger partial charge in [0.25, 0.3) is 0 Å². The summed E-state index contributed by atoms with van der Waals surface area (Å²) in [7, 11) is 1.68.